The molecule has 1 aromatic rings. The molecule has 0 atom stereocenters. The van der Waals surface area contributed by atoms with Crippen LogP contribution in [0.5, 0.6) is 0 Å². The van der Waals surface area contributed by atoms with Gasteiger partial charge in [0, 0.05) is 30.6 Å². The average molecular weight is 342 g/mol. The molecule has 2 fully saturated rings. The number of amides is 2. The van der Waals surface area contributed by atoms with Crippen molar-refractivity contribution >= 4 is 11.8 Å². The van der Waals surface area contributed by atoms with Crippen LogP contribution in [0.1, 0.15) is 61.4 Å². The molecule has 136 valence electrons. The van der Waals surface area contributed by atoms with Gasteiger partial charge in [-0.1, -0.05) is 25.1 Å². The number of piperidine rings is 1. The molecule has 0 aromatic heterocycles. The van der Waals surface area contributed by atoms with E-state index < -0.39 is 0 Å². The monoisotopic (exact) mass is 342 g/mol. The number of nitrogens with one attached hydrogen (secondary N) is 1. The summed E-state index contributed by atoms with van der Waals surface area (Å²) in [5.41, 5.74) is 1.79. The van der Waals surface area contributed by atoms with Gasteiger partial charge in [-0.25, -0.2) is 0 Å². The van der Waals surface area contributed by atoms with E-state index in [4.69, 9.17) is 0 Å². The van der Waals surface area contributed by atoms with Gasteiger partial charge in [0.05, 0.1) is 0 Å². The maximum Gasteiger partial charge on any atom is 0.254 e. The zero-order valence-electron chi connectivity index (χ0n) is 15.5. The van der Waals surface area contributed by atoms with E-state index in [1.54, 1.807) is 0 Å². The third-order valence-corrected chi connectivity index (χ3v) is 5.89. The molecule has 1 aliphatic heterocycles. The smallest absolute Gasteiger partial charge is 0.254 e. The van der Waals surface area contributed by atoms with Gasteiger partial charge in [0.25, 0.3) is 5.91 Å². The highest BCUT2D eigenvalue weighted by atomic mass is 16.2. The fourth-order valence-corrected chi connectivity index (χ4v) is 4.05. The van der Waals surface area contributed by atoms with Crippen LogP contribution in [-0.4, -0.2) is 35.8 Å². The molecule has 0 spiro atoms. The molecular weight excluding hydrogens is 312 g/mol. The van der Waals surface area contributed by atoms with Crippen LogP contribution in [0.4, 0.5) is 0 Å². The van der Waals surface area contributed by atoms with Crippen LogP contribution in [0.2, 0.25) is 0 Å². The highest BCUT2D eigenvalue weighted by molar-refractivity contribution is 5.95. The first-order valence-corrected chi connectivity index (χ1v) is 9.70. The van der Waals surface area contributed by atoms with Crippen molar-refractivity contribution in [3.8, 4) is 0 Å². The minimum atomic E-state index is 0.0558. The Morgan fingerprint density at radius 3 is 2.28 bits per heavy atom. The van der Waals surface area contributed by atoms with Gasteiger partial charge in [-0.2, -0.15) is 0 Å². The third kappa shape index (κ3) is 4.42. The number of aryl methyl sites for hydroxylation is 1. The molecule has 1 saturated carbocycles. The van der Waals surface area contributed by atoms with Crippen LogP contribution < -0.4 is 5.32 Å². The molecule has 1 N–H and O–H groups in total. The van der Waals surface area contributed by atoms with Crippen LogP contribution in [0.3, 0.4) is 0 Å². The summed E-state index contributed by atoms with van der Waals surface area (Å²) in [7, 11) is 0. The van der Waals surface area contributed by atoms with Gasteiger partial charge >= 0.3 is 0 Å². The topological polar surface area (TPSA) is 49.4 Å². The number of carbonyl (C=O) groups is 2. The van der Waals surface area contributed by atoms with Crippen molar-refractivity contribution in [2.24, 2.45) is 11.8 Å². The van der Waals surface area contributed by atoms with Crippen molar-refractivity contribution in [1.29, 1.82) is 0 Å². The van der Waals surface area contributed by atoms with Crippen molar-refractivity contribution in [3.63, 3.8) is 0 Å². The van der Waals surface area contributed by atoms with Crippen molar-refractivity contribution in [1.82, 2.24) is 10.2 Å². The van der Waals surface area contributed by atoms with Gasteiger partial charge in [-0.15, -0.1) is 0 Å². The summed E-state index contributed by atoms with van der Waals surface area (Å²) in [5.74, 6) is 1.14. The van der Waals surface area contributed by atoms with E-state index in [-0.39, 0.29) is 17.7 Å². The average Bonchev–Trinajstić information content (AvgIpc) is 2.63. The van der Waals surface area contributed by atoms with Crippen LogP contribution in [0.15, 0.2) is 24.3 Å². The second kappa shape index (κ2) is 8.03. The Labute approximate surface area is 151 Å². The molecule has 0 radical (unpaired) electrons. The van der Waals surface area contributed by atoms with Crippen molar-refractivity contribution < 1.29 is 9.59 Å². The summed E-state index contributed by atoms with van der Waals surface area (Å²) in [6.07, 6.45) is 6.19. The molecule has 0 unspecified atom stereocenters. The predicted molar refractivity (Wildman–Crippen MR) is 99.4 cm³/mol. The molecule has 1 heterocycles. The summed E-state index contributed by atoms with van der Waals surface area (Å²) in [4.78, 5) is 27.1. The minimum absolute atomic E-state index is 0.0558. The van der Waals surface area contributed by atoms with E-state index in [0.29, 0.717) is 19.1 Å². The van der Waals surface area contributed by atoms with E-state index in [2.05, 4.69) is 12.2 Å². The lowest BCUT2D eigenvalue weighted by Crippen LogP contribution is -2.46. The molecule has 1 saturated heterocycles. The molecular formula is C21H30N2O2. The Balaban J connectivity index is 1.49. The van der Waals surface area contributed by atoms with Gasteiger partial charge in [0.15, 0.2) is 0 Å². The predicted octanol–water partition coefficient (Wildman–Crippen LogP) is 3.54. The summed E-state index contributed by atoms with van der Waals surface area (Å²) in [5, 5.41) is 3.25. The fourth-order valence-electron chi connectivity index (χ4n) is 4.05. The molecule has 4 nitrogen and oxygen atoms in total. The Morgan fingerprint density at radius 2 is 1.64 bits per heavy atom. The van der Waals surface area contributed by atoms with Crippen molar-refractivity contribution in [2.75, 3.05) is 13.1 Å². The molecule has 2 amide bonds. The van der Waals surface area contributed by atoms with E-state index in [1.807, 2.05) is 36.1 Å². The highest BCUT2D eigenvalue weighted by Crippen LogP contribution is 2.25. The minimum Gasteiger partial charge on any atom is -0.353 e. The van der Waals surface area contributed by atoms with Crippen LogP contribution in [-0.2, 0) is 4.79 Å². The van der Waals surface area contributed by atoms with Crippen LogP contribution in [0.25, 0.3) is 0 Å². The highest BCUT2D eigenvalue weighted by Gasteiger charge is 2.30. The second-order valence-electron chi connectivity index (χ2n) is 7.85. The molecule has 1 aromatic carbocycles. The molecule has 0 bridgehead atoms. The zero-order valence-corrected chi connectivity index (χ0v) is 15.5. The summed E-state index contributed by atoms with van der Waals surface area (Å²) in [6.45, 7) is 5.61. The molecule has 3 rings (SSSR count). The van der Waals surface area contributed by atoms with Gasteiger partial charge < -0.3 is 10.2 Å². The molecule has 4 heteroatoms. The van der Waals surface area contributed by atoms with Crippen LogP contribution in [0, 0.1) is 18.8 Å². The normalized spacial score (nSPS) is 24.8. The van der Waals surface area contributed by atoms with E-state index in [9.17, 15) is 9.59 Å². The number of carbonyl (C=O) groups excluding carboxylic acids is 2. The number of likely N-dealkylation sites (tertiary alicyclic amines) is 1. The number of rotatable bonds is 3. The van der Waals surface area contributed by atoms with Gasteiger partial charge in [-0.05, 0) is 63.0 Å². The maximum absolute atomic E-state index is 12.7. The fraction of sp³-hybridized carbons (Fsp3) is 0.619. The molecule has 25 heavy (non-hydrogen) atoms. The first-order chi connectivity index (χ1) is 12.0. The second-order valence-corrected chi connectivity index (χ2v) is 7.85. The number of hydrogen-bond acceptors (Lipinski definition) is 2. The Hall–Kier alpha value is -1.84. The van der Waals surface area contributed by atoms with Gasteiger partial charge in [-0.3, -0.25) is 9.59 Å². The SMILES string of the molecule is Cc1ccccc1C(=O)N1CCC(C(=O)NC2CCC(C)CC2)CC1. The number of benzene rings is 1. The first-order valence-electron chi connectivity index (χ1n) is 9.70. The largest absolute Gasteiger partial charge is 0.353 e. The Kier molecular flexibility index (Phi) is 5.77. The third-order valence-electron chi connectivity index (χ3n) is 5.89. The Bertz CT molecular complexity index is 612. The lowest BCUT2D eigenvalue weighted by Gasteiger charge is -2.33. The van der Waals surface area contributed by atoms with Crippen molar-refractivity contribution in [3.05, 3.63) is 35.4 Å². The lowest BCUT2D eigenvalue weighted by atomic mass is 9.86. The van der Waals surface area contributed by atoms with Gasteiger partial charge in [0.1, 0.15) is 0 Å². The zero-order chi connectivity index (χ0) is 17.8. The van der Waals surface area contributed by atoms with E-state index >= 15 is 0 Å². The Morgan fingerprint density at radius 1 is 1.00 bits per heavy atom. The molecule has 2 aliphatic rings. The summed E-state index contributed by atoms with van der Waals surface area (Å²) in [6, 6.07) is 8.08. The standard InChI is InChI=1S/C21H30N2O2/c1-15-7-9-18(10-8-15)22-20(24)17-11-13-23(14-12-17)21(25)19-6-4-3-5-16(19)2/h3-6,15,17-18H,7-14H2,1-2H3,(H,22,24). The molecule has 1 aliphatic carbocycles. The van der Waals surface area contributed by atoms with Crippen LogP contribution >= 0.6 is 0 Å². The number of hydrogen-bond donors (Lipinski definition) is 1. The summed E-state index contributed by atoms with van der Waals surface area (Å²) < 4.78 is 0. The summed E-state index contributed by atoms with van der Waals surface area (Å²) >= 11 is 0. The van der Waals surface area contributed by atoms with E-state index in [1.165, 1.54) is 12.8 Å². The number of nitrogens with zero attached hydrogens (tertiary/aromatic N) is 1. The maximum atomic E-state index is 12.7. The lowest BCUT2D eigenvalue weighted by molar-refractivity contribution is -0.127. The van der Waals surface area contributed by atoms with E-state index in [0.717, 1.165) is 42.7 Å². The van der Waals surface area contributed by atoms with Crippen molar-refractivity contribution in [2.45, 2.75) is 58.4 Å². The quantitative estimate of drug-likeness (QED) is 0.913. The first kappa shape index (κ1) is 18.0. The van der Waals surface area contributed by atoms with Gasteiger partial charge in [0.2, 0.25) is 5.91 Å².